The number of benzene rings is 1. The van der Waals surface area contributed by atoms with Crippen molar-refractivity contribution in [1.29, 1.82) is 0 Å². The van der Waals surface area contributed by atoms with Crippen LogP contribution in [-0.4, -0.2) is 29.9 Å². The molecule has 0 spiro atoms. The molecule has 0 fully saturated rings. The summed E-state index contributed by atoms with van der Waals surface area (Å²) in [6, 6.07) is 9.66. The van der Waals surface area contributed by atoms with E-state index in [9.17, 15) is 9.59 Å². The van der Waals surface area contributed by atoms with Crippen LogP contribution in [-0.2, 0) is 11.2 Å². The summed E-state index contributed by atoms with van der Waals surface area (Å²) in [5.41, 5.74) is 2.93. The molecule has 0 aromatic heterocycles. The van der Waals surface area contributed by atoms with E-state index >= 15 is 0 Å². The second-order valence-electron chi connectivity index (χ2n) is 4.97. The van der Waals surface area contributed by atoms with Gasteiger partial charge in [0.2, 0.25) is 0 Å². The van der Waals surface area contributed by atoms with Crippen molar-refractivity contribution < 1.29 is 9.59 Å². The van der Waals surface area contributed by atoms with Gasteiger partial charge in [0.25, 0.3) is 5.91 Å². The van der Waals surface area contributed by atoms with E-state index in [2.05, 4.69) is 5.32 Å². The zero-order valence-corrected chi connectivity index (χ0v) is 12.0. The molecular formula is C16H20N2O2. The van der Waals surface area contributed by atoms with Crippen LogP contribution >= 0.6 is 0 Å². The van der Waals surface area contributed by atoms with Crippen molar-refractivity contribution in [2.24, 2.45) is 0 Å². The number of nitrogens with zero attached hydrogens (tertiary/aromatic N) is 1. The Labute approximate surface area is 119 Å². The van der Waals surface area contributed by atoms with E-state index < -0.39 is 0 Å². The predicted octanol–water partition coefficient (Wildman–Crippen LogP) is 2.51. The highest BCUT2D eigenvalue weighted by Gasteiger charge is 2.31. The van der Waals surface area contributed by atoms with Gasteiger partial charge in [0.15, 0.2) is 0 Å². The van der Waals surface area contributed by atoms with E-state index in [-0.39, 0.29) is 11.9 Å². The molecule has 1 N–H and O–H groups in total. The van der Waals surface area contributed by atoms with Crippen LogP contribution in [0.2, 0.25) is 0 Å². The fraction of sp³-hybridized carbons (Fsp3) is 0.375. The maximum Gasteiger partial charge on any atom is 0.324 e. The summed E-state index contributed by atoms with van der Waals surface area (Å²) >= 11 is 0. The molecule has 3 amide bonds. The Kier molecular flexibility index (Phi) is 4.56. The highest BCUT2D eigenvalue weighted by atomic mass is 16.2. The number of nitrogens with one attached hydrogen (secondary N) is 1. The molecule has 4 nitrogen and oxygen atoms in total. The topological polar surface area (TPSA) is 49.4 Å². The molecule has 0 bridgehead atoms. The van der Waals surface area contributed by atoms with Gasteiger partial charge in [-0.15, -0.1) is 0 Å². The Morgan fingerprint density at radius 1 is 1.30 bits per heavy atom. The molecule has 0 unspecified atom stereocenters. The Bertz CT molecular complexity index is 535. The molecule has 1 aliphatic heterocycles. The van der Waals surface area contributed by atoms with Gasteiger partial charge in [0, 0.05) is 12.1 Å². The minimum atomic E-state index is -0.297. The summed E-state index contributed by atoms with van der Waals surface area (Å²) in [5, 5.41) is 2.81. The second kappa shape index (κ2) is 6.37. The van der Waals surface area contributed by atoms with Crippen LogP contribution in [0.15, 0.2) is 41.5 Å². The highest BCUT2D eigenvalue weighted by molar-refractivity contribution is 6.06. The molecule has 0 radical (unpaired) electrons. The molecule has 0 saturated heterocycles. The van der Waals surface area contributed by atoms with Crippen molar-refractivity contribution in [2.75, 3.05) is 13.1 Å². The summed E-state index contributed by atoms with van der Waals surface area (Å²) in [6.45, 7) is 4.80. The number of carbonyl (C=O) groups excluding carboxylic acids is 2. The monoisotopic (exact) mass is 272 g/mol. The summed E-state index contributed by atoms with van der Waals surface area (Å²) < 4.78 is 0. The van der Waals surface area contributed by atoms with E-state index in [0.29, 0.717) is 19.5 Å². The molecule has 1 heterocycles. The van der Waals surface area contributed by atoms with Gasteiger partial charge >= 0.3 is 6.03 Å². The number of imide groups is 1. The summed E-state index contributed by atoms with van der Waals surface area (Å²) in [7, 11) is 0. The Hall–Kier alpha value is -2.10. The Morgan fingerprint density at radius 3 is 2.60 bits per heavy atom. The van der Waals surface area contributed by atoms with Crippen LogP contribution in [0.4, 0.5) is 4.79 Å². The average molecular weight is 272 g/mol. The van der Waals surface area contributed by atoms with Crippen molar-refractivity contribution in [3.8, 4) is 0 Å². The van der Waals surface area contributed by atoms with Crippen LogP contribution in [0.1, 0.15) is 25.8 Å². The third kappa shape index (κ3) is 3.07. The number of urea groups is 1. The van der Waals surface area contributed by atoms with E-state index in [1.807, 2.05) is 44.2 Å². The van der Waals surface area contributed by atoms with Gasteiger partial charge in [-0.1, -0.05) is 37.3 Å². The molecule has 1 aliphatic rings. The molecular weight excluding hydrogens is 252 g/mol. The first-order valence-corrected chi connectivity index (χ1v) is 6.95. The summed E-state index contributed by atoms with van der Waals surface area (Å²) in [5.74, 6) is -0.151. The first kappa shape index (κ1) is 14.3. The molecule has 4 heteroatoms. The first-order valence-electron chi connectivity index (χ1n) is 6.95. The molecule has 20 heavy (non-hydrogen) atoms. The standard InChI is InChI=1S/C16H20N2O2/c1-3-14-12(2)11-18(15(14)19)16(20)17-10-9-13-7-5-4-6-8-13/h4-8H,3,9-11H2,1-2H3,(H,17,20). The lowest BCUT2D eigenvalue weighted by atomic mass is 10.1. The molecule has 0 atom stereocenters. The van der Waals surface area contributed by atoms with Crippen LogP contribution in [0.5, 0.6) is 0 Å². The minimum Gasteiger partial charge on any atom is -0.337 e. The maximum atomic E-state index is 12.0. The normalized spacial score (nSPS) is 14.9. The van der Waals surface area contributed by atoms with Crippen LogP contribution in [0, 0.1) is 0 Å². The van der Waals surface area contributed by atoms with E-state index in [1.54, 1.807) is 0 Å². The Balaban J connectivity index is 1.84. The third-order valence-electron chi connectivity index (χ3n) is 3.55. The van der Waals surface area contributed by atoms with Crippen LogP contribution in [0.3, 0.4) is 0 Å². The van der Waals surface area contributed by atoms with Crippen LogP contribution in [0.25, 0.3) is 0 Å². The fourth-order valence-corrected chi connectivity index (χ4v) is 2.42. The van der Waals surface area contributed by atoms with Gasteiger partial charge in [-0.3, -0.25) is 9.69 Å². The summed E-state index contributed by atoms with van der Waals surface area (Å²) in [4.78, 5) is 25.3. The van der Waals surface area contributed by atoms with Gasteiger partial charge in [-0.05, 0) is 30.9 Å². The van der Waals surface area contributed by atoms with Crippen molar-refractivity contribution in [3.63, 3.8) is 0 Å². The van der Waals surface area contributed by atoms with Gasteiger partial charge in [-0.25, -0.2) is 4.79 Å². The predicted molar refractivity (Wildman–Crippen MR) is 78.2 cm³/mol. The van der Waals surface area contributed by atoms with Gasteiger partial charge in [0.1, 0.15) is 0 Å². The smallest absolute Gasteiger partial charge is 0.324 e. The average Bonchev–Trinajstić information content (AvgIpc) is 2.74. The lowest BCUT2D eigenvalue weighted by Gasteiger charge is -2.15. The second-order valence-corrected chi connectivity index (χ2v) is 4.97. The highest BCUT2D eigenvalue weighted by Crippen LogP contribution is 2.21. The number of hydrogen-bond acceptors (Lipinski definition) is 2. The maximum absolute atomic E-state index is 12.0. The van der Waals surface area contributed by atoms with Crippen LogP contribution < -0.4 is 5.32 Å². The van der Waals surface area contributed by atoms with Gasteiger partial charge < -0.3 is 5.32 Å². The van der Waals surface area contributed by atoms with Crippen molar-refractivity contribution in [2.45, 2.75) is 26.7 Å². The lowest BCUT2D eigenvalue weighted by Crippen LogP contribution is -2.42. The van der Waals surface area contributed by atoms with E-state index in [0.717, 1.165) is 17.6 Å². The molecule has 0 saturated carbocycles. The van der Waals surface area contributed by atoms with E-state index in [1.165, 1.54) is 10.5 Å². The summed E-state index contributed by atoms with van der Waals surface area (Å²) in [6.07, 6.45) is 1.44. The molecule has 1 aromatic rings. The molecule has 0 aliphatic carbocycles. The number of rotatable bonds is 4. The van der Waals surface area contributed by atoms with Crippen molar-refractivity contribution in [1.82, 2.24) is 10.2 Å². The molecule has 2 rings (SSSR count). The lowest BCUT2D eigenvalue weighted by molar-refractivity contribution is -0.123. The zero-order chi connectivity index (χ0) is 14.5. The van der Waals surface area contributed by atoms with Crippen molar-refractivity contribution >= 4 is 11.9 Å². The SMILES string of the molecule is CCC1=C(C)CN(C(=O)NCCc2ccccc2)C1=O. The van der Waals surface area contributed by atoms with Crippen molar-refractivity contribution in [3.05, 3.63) is 47.0 Å². The third-order valence-corrected chi connectivity index (χ3v) is 3.55. The number of hydrogen-bond donors (Lipinski definition) is 1. The quantitative estimate of drug-likeness (QED) is 0.915. The fourth-order valence-electron chi connectivity index (χ4n) is 2.42. The number of carbonyl (C=O) groups is 2. The van der Waals surface area contributed by atoms with Gasteiger partial charge in [-0.2, -0.15) is 0 Å². The number of amides is 3. The molecule has 1 aromatic carbocycles. The zero-order valence-electron chi connectivity index (χ0n) is 12.0. The largest absolute Gasteiger partial charge is 0.337 e. The Morgan fingerprint density at radius 2 is 2.00 bits per heavy atom. The minimum absolute atomic E-state index is 0.151. The first-order chi connectivity index (χ1) is 9.63. The van der Waals surface area contributed by atoms with E-state index in [4.69, 9.17) is 0 Å². The van der Waals surface area contributed by atoms with Gasteiger partial charge in [0.05, 0.1) is 6.54 Å². The molecule has 106 valence electrons.